The summed E-state index contributed by atoms with van der Waals surface area (Å²) >= 11 is 0. The summed E-state index contributed by atoms with van der Waals surface area (Å²) in [6, 6.07) is 17.1. The molecule has 0 amide bonds. The molecule has 28 heavy (non-hydrogen) atoms. The molecule has 1 aliphatic rings. The summed E-state index contributed by atoms with van der Waals surface area (Å²) in [5.41, 5.74) is 0.380. The van der Waals surface area contributed by atoms with Crippen LogP contribution in [0.15, 0.2) is 72.6 Å². The summed E-state index contributed by atoms with van der Waals surface area (Å²) in [5, 5.41) is 0. The zero-order valence-electron chi connectivity index (χ0n) is 16.3. The quantitative estimate of drug-likeness (QED) is 0.404. The van der Waals surface area contributed by atoms with Crippen molar-refractivity contribution in [3.8, 4) is 11.1 Å². The van der Waals surface area contributed by atoms with Crippen LogP contribution in [0.2, 0.25) is 0 Å². The highest BCUT2D eigenvalue weighted by molar-refractivity contribution is 5.86. The normalized spacial score (nSPS) is 21.9. The van der Waals surface area contributed by atoms with Crippen LogP contribution in [0.4, 0.5) is 13.2 Å². The lowest BCUT2D eigenvalue weighted by atomic mass is 9.83. The monoisotopic (exact) mass is 384 g/mol. The van der Waals surface area contributed by atoms with Gasteiger partial charge in [0.15, 0.2) is 11.8 Å². The third-order valence-corrected chi connectivity index (χ3v) is 5.41. The van der Waals surface area contributed by atoms with Gasteiger partial charge in [-0.15, -0.1) is 0 Å². The van der Waals surface area contributed by atoms with E-state index in [0.717, 1.165) is 36.8 Å². The topological polar surface area (TPSA) is 0 Å². The Kier molecular flexibility index (Phi) is 6.77. The van der Waals surface area contributed by atoms with Gasteiger partial charge in [0.2, 0.25) is 0 Å². The molecule has 2 aromatic rings. The lowest BCUT2D eigenvalue weighted by Gasteiger charge is -2.30. The van der Waals surface area contributed by atoms with E-state index in [4.69, 9.17) is 0 Å². The molecule has 2 aromatic carbocycles. The molecule has 0 spiro atoms. The summed E-state index contributed by atoms with van der Waals surface area (Å²) in [4.78, 5) is 0. The Hall–Kier alpha value is -2.29. The van der Waals surface area contributed by atoms with Crippen LogP contribution in [-0.4, -0.2) is 11.8 Å². The van der Waals surface area contributed by atoms with E-state index in [0.29, 0.717) is 17.6 Å². The van der Waals surface area contributed by atoms with Gasteiger partial charge in [0.05, 0.1) is 0 Å². The molecule has 0 saturated carbocycles. The first-order valence-electron chi connectivity index (χ1n) is 10.1. The maximum Gasteiger partial charge on any atom is 0.196 e. The number of benzene rings is 2. The van der Waals surface area contributed by atoms with Gasteiger partial charge in [-0.05, 0) is 47.3 Å². The molecule has 1 aliphatic carbocycles. The van der Waals surface area contributed by atoms with E-state index in [1.165, 1.54) is 12.2 Å². The standard InChI is InChI=1S/C25H27F3/c1-2-3-4-5-11-16-25(28)23(26)17-20(18-24(25)27)22-15-10-9-14-21(22)19-12-7-6-8-13-19/h6-10,12-15,17-18,23H,2-5,11,16H2,1H3. The van der Waals surface area contributed by atoms with Gasteiger partial charge in [-0.2, -0.15) is 0 Å². The third-order valence-electron chi connectivity index (χ3n) is 5.41. The van der Waals surface area contributed by atoms with Gasteiger partial charge in [-0.1, -0.05) is 87.2 Å². The van der Waals surface area contributed by atoms with Gasteiger partial charge in [-0.3, -0.25) is 0 Å². The summed E-state index contributed by atoms with van der Waals surface area (Å²) in [6.45, 7) is 2.09. The molecular weight excluding hydrogens is 357 g/mol. The molecular formula is C25H27F3. The number of allylic oxidation sites excluding steroid dienone is 4. The summed E-state index contributed by atoms with van der Waals surface area (Å²) in [5.74, 6) is -1.00. The zero-order valence-corrected chi connectivity index (χ0v) is 16.3. The molecule has 0 bridgehead atoms. The van der Waals surface area contributed by atoms with Crippen molar-refractivity contribution >= 4 is 5.57 Å². The number of hydrogen-bond acceptors (Lipinski definition) is 0. The first-order chi connectivity index (χ1) is 13.6. The van der Waals surface area contributed by atoms with Crippen molar-refractivity contribution in [1.82, 2.24) is 0 Å². The molecule has 0 nitrogen and oxygen atoms in total. The predicted molar refractivity (Wildman–Crippen MR) is 111 cm³/mol. The molecule has 0 heterocycles. The Balaban J connectivity index is 1.83. The highest BCUT2D eigenvalue weighted by atomic mass is 19.2. The lowest BCUT2D eigenvalue weighted by molar-refractivity contribution is 0.0760. The van der Waals surface area contributed by atoms with Crippen LogP contribution < -0.4 is 0 Å². The van der Waals surface area contributed by atoms with Gasteiger partial charge in [0.25, 0.3) is 0 Å². The molecule has 0 saturated heterocycles. The van der Waals surface area contributed by atoms with Crippen LogP contribution in [0, 0.1) is 0 Å². The van der Waals surface area contributed by atoms with Crippen molar-refractivity contribution in [2.75, 3.05) is 0 Å². The summed E-state index contributed by atoms with van der Waals surface area (Å²) < 4.78 is 44.6. The Labute approximate surface area is 165 Å². The molecule has 0 aliphatic heterocycles. The first-order valence-corrected chi connectivity index (χ1v) is 10.1. The second-order valence-corrected chi connectivity index (χ2v) is 7.45. The highest BCUT2D eigenvalue weighted by Gasteiger charge is 2.45. The van der Waals surface area contributed by atoms with Crippen LogP contribution in [0.3, 0.4) is 0 Å². The number of halogens is 3. The first kappa shape index (κ1) is 20.4. The van der Waals surface area contributed by atoms with Crippen molar-refractivity contribution < 1.29 is 13.2 Å². The van der Waals surface area contributed by atoms with E-state index in [1.54, 1.807) is 0 Å². The second-order valence-electron chi connectivity index (χ2n) is 7.45. The number of hydrogen-bond donors (Lipinski definition) is 0. The van der Waals surface area contributed by atoms with Gasteiger partial charge in [0, 0.05) is 0 Å². The molecule has 0 fully saturated rings. The van der Waals surface area contributed by atoms with E-state index < -0.39 is 17.7 Å². The van der Waals surface area contributed by atoms with Crippen LogP contribution >= 0.6 is 0 Å². The fourth-order valence-electron chi connectivity index (χ4n) is 3.74. The SMILES string of the molecule is CCCCCCCC1(F)C(F)=CC(c2ccccc2-c2ccccc2)=CC1F. The Morgan fingerprint density at radius 1 is 0.857 bits per heavy atom. The second kappa shape index (κ2) is 9.27. The van der Waals surface area contributed by atoms with Crippen molar-refractivity contribution in [3.63, 3.8) is 0 Å². The molecule has 2 atom stereocenters. The Morgan fingerprint density at radius 2 is 1.50 bits per heavy atom. The van der Waals surface area contributed by atoms with Crippen molar-refractivity contribution in [3.05, 3.63) is 78.1 Å². The summed E-state index contributed by atoms with van der Waals surface area (Å²) in [6.07, 6.45) is 4.70. The summed E-state index contributed by atoms with van der Waals surface area (Å²) in [7, 11) is 0. The van der Waals surface area contributed by atoms with E-state index in [1.807, 2.05) is 54.6 Å². The highest BCUT2D eigenvalue weighted by Crippen LogP contribution is 2.43. The minimum atomic E-state index is -2.54. The van der Waals surface area contributed by atoms with E-state index >= 15 is 4.39 Å². The number of alkyl halides is 2. The maximum atomic E-state index is 15.1. The van der Waals surface area contributed by atoms with Crippen LogP contribution in [0.5, 0.6) is 0 Å². The smallest absolute Gasteiger partial charge is 0.196 e. The molecule has 3 heteroatoms. The van der Waals surface area contributed by atoms with Gasteiger partial charge < -0.3 is 0 Å². The predicted octanol–water partition coefficient (Wildman–Crippen LogP) is 8.01. The molecule has 2 unspecified atom stereocenters. The third kappa shape index (κ3) is 4.40. The van der Waals surface area contributed by atoms with Crippen LogP contribution in [0.1, 0.15) is 51.0 Å². The molecule has 0 aromatic heterocycles. The Bertz CT molecular complexity index is 838. The molecule has 0 N–H and O–H groups in total. The molecule has 3 rings (SSSR count). The van der Waals surface area contributed by atoms with Crippen molar-refractivity contribution in [2.24, 2.45) is 0 Å². The lowest BCUT2D eigenvalue weighted by Crippen LogP contribution is -2.36. The average molecular weight is 384 g/mol. The van der Waals surface area contributed by atoms with Crippen molar-refractivity contribution in [2.45, 2.75) is 57.3 Å². The average Bonchev–Trinajstić information content (AvgIpc) is 2.72. The molecule has 0 radical (unpaired) electrons. The van der Waals surface area contributed by atoms with Crippen LogP contribution in [-0.2, 0) is 0 Å². The van der Waals surface area contributed by atoms with Crippen LogP contribution in [0.25, 0.3) is 16.7 Å². The van der Waals surface area contributed by atoms with E-state index in [2.05, 4.69) is 6.92 Å². The van der Waals surface area contributed by atoms with E-state index in [-0.39, 0.29) is 6.42 Å². The number of rotatable bonds is 8. The zero-order chi connectivity index (χ0) is 20.0. The molecule has 148 valence electrons. The maximum absolute atomic E-state index is 15.1. The Morgan fingerprint density at radius 3 is 2.18 bits per heavy atom. The van der Waals surface area contributed by atoms with E-state index in [9.17, 15) is 8.78 Å². The fourth-order valence-corrected chi connectivity index (χ4v) is 3.74. The van der Waals surface area contributed by atoms with Gasteiger partial charge in [-0.25, -0.2) is 13.2 Å². The van der Waals surface area contributed by atoms with Gasteiger partial charge in [0.1, 0.15) is 5.83 Å². The van der Waals surface area contributed by atoms with Gasteiger partial charge >= 0.3 is 0 Å². The minimum absolute atomic E-state index is 0.121. The fraction of sp³-hybridized carbons (Fsp3) is 0.360. The number of unbranched alkanes of at least 4 members (excludes halogenated alkanes) is 4. The largest absolute Gasteiger partial charge is 0.239 e. The van der Waals surface area contributed by atoms with Crippen molar-refractivity contribution in [1.29, 1.82) is 0 Å². The minimum Gasteiger partial charge on any atom is -0.239 e.